The summed E-state index contributed by atoms with van der Waals surface area (Å²) in [7, 11) is 2.60. The molecule has 0 bridgehead atoms. The summed E-state index contributed by atoms with van der Waals surface area (Å²) < 4.78 is 16.1. The van der Waals surface area contributed by atoms with Gasteiger partial charge in [-0.25, -0.2) is 19.6 Å². The van der Waals surface area contributed by atoms with Gasteiger partial charge in [-0.05, 0) is 90.3 Å². The van der Waals surface area contributed by atoms with Crippen LogP contribution < -0.4 is 15.4 Å². The summed E-state index contributed by atoms with van der Waals surface area (Å²) in [6.45, 7) is 12.9. The minimum Gasteiger partial charge on any atom is -0.488 e. The largest absolute Gasteiger partial charge is 0.488 e. The summed E-state index contributed by atoms with van der Waals surface area (Å²) >= 11 is 0. The third-order valence-corrected chi connectivity index (χ3v) is 13.0. The summed E-state index contributed by atoms with van der Waals surface area (Å²) in [5, 5.41) is 7.51. The van der Waals surface area contributed by atoms with Crippen molar-refractivity contribution in [3.8, 4) is 28.1 Å². The van der Waals surface area contributed by atoms with Crippen LogP contribution in [0.3, 0.4) is 0 Å². The Hall–Kier alpha value is -6.12. The van der Waals surface area contributed by atoms with Gasteiger partial charge in [-0.1, -0.05) is 59.2 Å². The number of alkyl carbamates (subject to hydrolysis) is 2. The van der Waals surface area contributed by atoms with E-state index in [1.807, 2.05) is 56.7 Å². The van der Waals surface area contributed by atoms with Gasteiger partial charge in [0.15, 0.2) is 0 Å². The van der Waals surface area contributed by atoms with Crippen LogP contribution in [0.5, 0.6) is 5.75 Å². The molecular formula is C46H56N8O7. The number of imidazole rings is 2. The maximum Gasteiger partial charge on any atom is 0.407 e. The monoisotopic (exact) mass is 832 g/mol. The van der Waals surface area contributed by atoms with E-state index in [4.69, 9.17) is 24.2 Å². The molecule has 7 atom stereocenters. The molecule has 0 unspecified atom stereocenters. The van der Waals surface area contributed by atoms with E-state index in [9.17, 15) is 19.2 Å². The summed E-state index contributed by atoms with van der Waals surface area (Å²) in [6.07, 6.45) is 3.61. The predicted molar refractivity (Wildman–Crippen MR) is 230 cm³/mol. The zero-order valence-electron chi connectivity index (χ0n) is 36.1. The van der Waals surface area contributed by atoms with Crippen LogP contribution in [0, 0.1) is 17.8 Å². The van der Waals surface area contributed by atoms with Gasteiger partial charge in [0, 0.05) is 23.5 Å². The third kappa shape index (κ3) is 7.74. The van der Waals surface area contributed by atoms with Crippen LogP contribution in [0.2, 0.25) is 0 Å². The highest BCUT2D eigenvalue weighted by Crippen LogP contribution is 2.44. The lowest BCUT2D eigenvalue weighted by Gasteiger charge is -2.32. The Balaban J connectivity index is 1.05. The normalized spacial score (nSPS) is 21.1. The van der Waals surface area contributed by atoms with Crippen molar-refractivity contribution in [2.45, 2.75) is 104 Å². The van der Waals surface area contributed by atoms with Gasteiger partial charge in [0.2, 0.25) is 11.8 Å². The number of carbonyl (C=O) groups is 4. The van der Waals surface area contributed by atoms with E-state index in [0.29, 0.717) is 19.0 Å². The summed E-state index contributed by atoms with van der Waals surface area (Å²) in [5.41, 5.74) is 6.60. The van der Waals surface area contributed by atoms with Crippen molar-refractivity contribution in [3.63, 3.8) is 0 Å². The molecule has 2 aromatic heterocycles. The molecular weight excluding hydrogens is 777 g/mol. The second kappa shape index (κ2) is 16.7. The lowest BCUT2D eigenvalue weighted by molar-refractivity contribution is -0.137. The highest BCUT2D eigenvalue weighted by atomic mass is 16.5. The van der Waals surface area contributed by atoms with Crippen molar-refractivity contribution in [3.05, 3.63) is 65.9 Å². The quantitative estimate of drug-likeness (QED) is 0.109. The molecule has 8 rings (SSSR count). The van der Waals surface area contributed by atoms with Gasteiger partial charge >= 0.3 is 12.2 Å². The number of aromatic nitrogens is 4. The van der Waals surface area contributed by atoms with Crippen LogP contribution in [0.4, 0.5) is 9.59 Å². The van der Waals surface area contributed by atoms with Gasteiger partial charge in [-0.2, -0.15) is 0 Å². The first kappa shape index (κ1) is 41.6. The van der Waals surface area contributed by atoms with Crippen LogP contribution in [-0.2, 0) is 25.7 Å². The Morgan fingerprint density at radius 3 is 2.36 bits per heavy atom. The number of aromatic amines is 2. The minimum atomic E-state index is -0.718. The number of methoxy groups -OCH3 is 2. The van der Waals surface area contributed by atoms with Crippen molar-refractivity contribution in [2.75, 3.05) is 20.8 Å². The number of hydrogen-bond acceptors (Lipinski definition) is 9. The first-order valence-electron chi connectivity index (χ1n) is 21.4. The van der Waals surface area contributed by atoms with Gasteiger partial charge < -0.3 is 44.6 Å². The molecule has 4 amide bonds. The number of nitrogens with one attached hydrogen (secondary N) is 4. The number of amides is 4. The van der Waals surface area contributed by atoms with Crippen LogP contribution in [-0.4, -0.2) is 92.6 Å². The molecule has 0 spiro atoms. The molecule has 3 aliphatic rings. The summed E-state index contributed by atoms with van der Waals surface area (Å²) in [6, 6.07) is 12.7. The van der Waals surface area contributed by atoms with Crippen LogP contribution in [0.1, 0.15) is 96.5 Å². The zero-order chi connectivity index (χ0) is 43.3. The van der Waals surface area contributed by atoms with Crippen molar-refractivity contribution in [1.29, 1.82) is 0 Å². The van der Waals surface area contributed by atoms with E-state index >= 15 is 0 Å². The topological polar surface area (TPSA) is 184 Å². The molecule has 5 heterocycles. The van der Waals surface area contributed by atoms with Crippen molar-refractivity contribution < 1.29 is 33.4 Å². The fourth-order valence-corrected chi connectivity index (χ4v) is 9.37. The fourth-order valence-electron chi connectivity index (χ4n) is 9.37. The second-order valence-electron chi connectivity index (χ2n) is 17.4. The zero-order valence-corrected chi connectivity index (χ0v) is 36.1. The molecule has 322 valence electrons. The molecule has 2 fully saturated rings. The number of benzene rings is 3. The molecule has 61 heavy (non-hydrogen) atoms. The van der Waals surface area contributed by atoms with E-state index in [-0.39, 0.29) is 47.7 Å². The van der Waals surface area contributed by atoms with Gasteiger partial charge in [-0.15, -0.1) is 0 Å². The molecule has 3 aromatic carbocycles. The average molecular weight is 833 g/mol. The molecule has 0 saturated carbocycles. The van der Waals surface area contributed by atoms with Gasteiger partial charge in [0.25, 0.3) is 0 Å². The standard InChI is InChI=1S/C46H56N8O7/c1-9-25(5)39(52-46(58)60-8)43(55)53-21-24(4)16-36(53)42-48-33-14-12-27-18-32-30-13-11-28(17-29(30)22-61-37(32)19-31(27)40(33)50-42)34-20-47-41(49-34)35-15-10-26(6)54(35)44(56)38(23(2)3)51-45(57)59-7/h11-14,17-20,23-26,35-36,38-39H,9-10,15-16,21-22H2,1-8H3,(H,47,49)(H,48,50)(H,51,57)(H,52,58)/t24-,25-,26-,35-,36-,38-,39-/m0/s1. The van der Waals surface area contributed by atoms with Crippen molar-refractivity contribution in [2.24, 2.45) is 17.8 Å². The van der Waals surface area contributed by atoms with E-state index in [2.05, 4.69) is 63.9 Å². The number of carbonyl (C=O) groups excluding carboxylic acids is 4. The molecule has 15 nitrogen and oxygen atoms in total. The highest BCUT2D eigenvalue weighted by molar-refractivity contribution is 6.07. The molecule has 5 aromatic rings. The third-order valence-electron chi connectivity index (χ3n) is 13.0. The predicted octanol–water partition coefficient (Wildman–Crippen LogP) is 7.78. The van der Waals surface area contributed by atoms with Crippen LogP contribution >= 0.6 is 0 Å². The minimum absolute atomic E-state index is 0.0158. The van der Waals surface area contributed by atoms with Gasteiger partial charge in [0.1, 0.15) is 36.1 Å². The highest BCUT2D eigenvalue weighted by Gasteiger charge is 2.42. The molecule has 15 heteroatoms. The number of fused-ring (bicyclic) bond motifs is 6. The number of rotatable bonds is 10. The number of ether oxygens (including phenoxy) is 3. The second-order valence-corrected chi connectivity index (χ2v) is 17.4. The van der Waals surface area contributed by atoms with Crippen molar-refractivity contribution >= 4 is 45.8 Å². The number of H-pyrrole nitrogens is 2. The number of likely N-dealkylation sites (tertiary alicyclic amines) is 2. The number of nitrogens with zero attached hydrogens (tertiary/aromatic N) is 4. The Labute approximate surface area is 355 Å². The average Bonchev–Trinajstić information content (AvgIpc) is 4.08. The Bertz CT molecular complexity index is 2490. The summed E-state index contributed by atoms with van der Waals surface area (Å²) in [5.74, 6) is 1.96. The van der Waals surface area contributed by atoms with Gasteiger partial charge in [0.05, 0.1) is 49.2 Å². The van der Waals surface area contributed by atoms with Gasteiger partial charge in [-0.3, -0.25) is 9.59 Å². The molecule has 2 saturated heterocycles. The molecule has 0 radical (unpaired) electrons. The maximum atomic E-state index is 14.1. The fraction of sp³-hybridized carbons (Fsp3) is 0.478. The first-order valence-corrected chi connectivity index (χ1v) is 21.4. The van der Waals surface area contributed by atoms with Crippen molar-refractivity contribution in [1.82, 2.24) is 40.4 Å². The SMILES string of the molecule is CC[C@H](C)[C@H](NC(=O)OC)C(=O)N1C[C@@H](C)C[C@H]1c1nc2ccc3cc4c(cc3c2[nH]1)OCc1cc(-c2cnc([C@@H]3CC[C@H](C)N3C(=O)[C@@H](NC(=O)OC)C(C)C)[nH]2)ccc1-4. The van der Waals surface area contributed by atoms with E-state index in [0.717, 1.165) is 87.0 Å². The van der Waals surface area contributed by atoms with E-state index in [1.165, 1.54) is 14.2 Å². The summed E-state index contributed by atoms with van der Waals surface area (Å²) in [4.78, 5) is 72.9. The first-order chi connectivity index (χ1) is 29.3. The lowest BCUT2D eigenvalue weighted by Crippen LogP contribution is -2.52. The smallest absolute Gasteiger partial charge is 0.407 e. The van der Waals surface area contributed by atoms with E-state index in [1.54, 1.807) is 0 Å². The van der Waals surface area contributed by atoms with E-state index < -0.39 is 24.3 Å². The molecule has 0 aliphatic carbocycles. The Kier molecular flexibility index (Phi) is 11.4. The molecule has 3 aliphatic heterocycles. The van der Waals surface area contributed by atoms with Crippen LogP contribution in [0.15, 0.2) is 48.7 Å². The van der Waals surface area contributed by atoms with Crippen LogP contribution in [0.25, 0.3) is 44.2 Å². The Morgan fingerprint density at radius 1 is 0.885 bits per heavy atom. The lowest BCUT2D eigenvalue weighted by atomic mass is 9.92. The maximum absolute atomic E-state index is 14.1. The number of hydrogen-bond donors (Lipinski definition) is 4. The molecule has 4 N–H and O–H groups in total. The Morgan fingerprint density at radius 2 is 1.64 bits per heavy atom.